The molecule has 0 radical (unpaired) electrons. The van der Waals surface area contributed by atoms with Crippen molar-refractivity contribution < 1.29 is 14.7 Å². The number of rotatable bonds is 3. The number of carbonyl (C=O) groups is 2. The van der Waals surface area contributed by atoms with E-state index in [4.69, 9.17) is 5.73 Å². The molecule has 3 rings (SSSR count). The number of amides is 1. The van der Waals surface area contributed by atoms with Crippen LogP contribution in [0.25, 0.3) is 11.2 Å². The van der Waals surface area contributed by atoms with Crippen LogP contribution in [0.3, 0.4) is 0 Å². The zero-order chi connectivity index (χ0) is 15.9. The Morgan fingerprint density at radius 3 is 2.86 bits per heavy atom. The van der Waals surface area contributed by atoms with E-state index >= 15 is 0 Å². The fourth-order valence-electron chi connectivity index (χ4n) is 2.89. The van der Waals surface area contributed by atoms with Crippen molar-refractivity contribution in [3.8, 4) is 0 Å². The van der Waals surface area contributed by atoms with Gasteiger partial charge in [-0.3, -0.25) is 4.79 Å². The van der Waals surface area contributed by atoms with E-state index in [-0.39, 0.29) is 24.3 Å². The van der Waals surface area contributed by atoms with Crippen LogP contribution in [-0.4, -0.2) is 53.5 Å². The van der Waals surface area contributed by atoms with E-state index in [1.54, 1.807) is 4.57 Å². The van der Waals surface area contributed by atoms with Crippen LogP contribution in [0.2, 0.25) is 0 Å². The standard InChI is InChI=1S/C13H16N6O3/c1-7-2-3-8(13(21)22)19(7)9(20)4-18-6-17-10-11(14)15-5-16-12(10)18/h5-8H,2-4H2,1H3,(H,21,22)(H2,14,15,16)/t7-,8+/m1/s1. The second-order valence-corrected chi connectivity index (χ2v) is 5.39. The van der Waals surface area contributed by atoms with Crippen molar-refractivity contribution in [2.45, 2.75) is 38.4 Å². The monoisotopic (exact) mass is 304 g/mol. The van der Waals surface area contributed by atoms with Crippen LogP contribution in [0.5, 0.6) is 0 Å². The molecule has 0 aromatic carbocycles. The molecule has 0 aliphatic carbocycles. The largest absolute Gasteiger partial charge is 0.480 e. The first-order chi connectivity index (χ1) is 10.5. The van der Waals surface area contributed by atoms with Crippen LogP contribution in [0.15, 0.2) is 12.7 Å². The molecule has 0 unspecified atom stereocenters. The Morgan fingerprint density at radius 1 is 1.36 bits per heavy atom. The van der Waals surface area contributed by atoms with E-state index in [0.29, 0.717) is 24.0 Å². The minimum absolute atomic E-state index is 0.0267. The molecule has 1 amide bonds. The van der Waals surface area contributed by atoms with Gasteiger partial charge in [-0.1, -0.05) is 0 Å². The Kier molecular flexibility index (Phi) is 3.39. The lowest BCUT2D eigenvalue weighted by atomic mass is 10.2. The normalized spacial score (nSPS) is 21.4. The first-order valence-electron chi connectivity index (χ1n) is 6.94. The lowest BCUT2D eigenvalue weighted by molar-refractivity contribution is -0.149. The number of hydrogen-bond acceptors (Lipinski definition) is 6. The lowest BCUT2D eigenvalue weighted by Crippen LogP contribution is -2.45. The Labute approximate surface area is 125 Å². The molecule has 22 heavy (non-hydrogen) atoms. The molecule has 116 valence electrons. The Morgan fingerprint density at radius 2 is 2.14 bits per heavy atom. The van der Waals surface area contributed by atoms with E-state index in [1.807, 2.05) is 6.92 Å². The van der Waals surface area contributed by atoms with Crippen LogP contribution >= 0.6 is 0 Å². The topological polar surface area (TPSA) is 127 Å². The summed E-state index contributed by atoms with van der Waals surface area (Å²) >= 11 is 0. The van der Waals surface area contributed by atoms with Crippen LogP contribution in [0.1, 0.15) is 19.8 Å². The van der Waals surface area contributed by atoms with E-state index in [2.05, 4.69) is 15.0 Å². The first kappa shape index (κ1) is 14.2. The third-order valence-corrected chi connectivity index (χ3v) is 3.98. The molecule has 0 spiro atoms. The summed E-state index contributed by atoms with van der Waals surface area (Å²) < 4.78 is 1.56. The molecule has 2 atom stereocenters. The fourth-order valence-corrected chi connectivity index (χ4v) is 2.89. The molecule has 3 N–H and O–H groups in total. The van der Waals surface area contributed by atoms with E-state index in [1.165, 1.54) is 17.6 Å². The van der Waals surface area contributed by atoms with E-state index in [0.717, 1.165) is 0 Å². The average Bonchev–Trinajstić information content (AvgIpc) is 3.04. The summed E-state index contributed by atoms with van der Waals surface area (Å²) in [6.07, 6.45) is 3.92. The zero-order valence-corrected chi connectivity index (χ0v) is 12.0. The van der Waals surface area contributed by atoms with E-state index < -0.39 is 12.0 Å². The number of carboxylic acid groups (broad SMARTS) is 1. The highest BCUT2D eigenvalue weighted by Crippen LogP contribution is 2.25. The first-order valence-corrected chi connectivity index (χ1v) is 6.94. The maximum Gasteiger partial charge on any atom is 0.326 e. The molecule has 1 aliphatic rings. The van der Waals surface area contributed by atoms with Gasteiger partial charge in [-0.15, -0.1) is 0 Å². The summed E-state index contributed by atoms with van der Waals surface area (Å²) in [6, 6.07) is -0.861. The number of imidazole rings is 1. The lowest BCUT2D eigenvalue weighted by Gasteiger charge is -2.26. The highest BCUT2D eigenvalue weighted by Gasteiger charge is 2.38. The number of carbonyl (C=O) groups excluding carboxylic acids is 1. The minimum atomic E-state index is -0.972. The van der Waals surface area contributed by atoms with Crippen LogP contribution in [0, 0.1) is 0 Å². The number of likely N-dealkylation sites (tertiary alicyclic amines) is 1. The van der Waals surface area contributed by atoms with Crippen molar-refractivity contribution in [3.63, 3.8) is 0 Å². The fraction of sp³-hybridized carbons (Fsp3) is 0.462. The van der Waals surface area contributed by atoms with Crippen LogP contribution in [0.4, 0.5) is 5.82 Å². The van der Waals surface area contributed by atoms with Gasteiger partial charge in [-0.2, -0.15) is 0 Å². The molecule has 1 aliphatic heterocycles. The maximum absolute atomic E-state index is 12.5. The SMILES string of the molecule is C[C@@H]1CC[C@@H](C(=O)O)N1C(=O)Cn1cnc2c(N)ncnc21. The molecule has 0 saturated carbocycles. The number of aliphatic carboxylic acids is 1. The van der Waals surface area contributed by atoms with Gasteiger partial charge in [-0.05, 0) is 19.8 Å². The van der Waals surface area contributed by atoms with Gasteiger partial charge in [0.2, 0.25) is 5.91 Å². The molecular weight excluding hydrogens is 288 g/mol. The molecule has 2 aromatic heterocycles. The van der Waals surface area contributed by atoms with Crippen molar-refractivity contribution in [1.29, 1.82) is 0 Å². The Balaban J connectivity index is 1.87. The minimum Gasteiger partial charge on any atom is -0.480 e. The number of hydrogen-bond donors (Lipinski definition) is 2. The molecular formula is C13H16N6O3. The number of anilines is 1. The summed E-state index contributed by atoms with van der Waals surface area (Å²) in [7, 11) is 0. The maximum atomic E-state index is 12.5. The number of nitrogens with two attached hydrogens (primary N) is 1. The number of nitrogens with zero attached hydrogens (tertiary/aromatic N) is 5. The molecule has 1 saturated heterocycles. The summed E-state index contributed by atoms with van der Waals surface area (Å²) in [4.78, 5) is 37.2. The molecule has 0 bridgehead atoms. The van der Waals surface area contributed by atoms with Crippen molar-refractivity contribution in [2.24, 2.45) is 0 Å². The summed E-state index contributed by atoms with van der Waals surface area (Å²) in [5.41, 5.74) is 6.59. The van der Waals surface area contributed by atoms with Gasteiger partial charge < -0.3 is 20.3 Å². The quantitative estimate of drug-likeness (QED) is 0.808. The Bertz CT molecular complexity index is 742. The zero-order valence-electron chi connectivity index (χ0n) is 12.0. The van der Waals surface area contributed by atoms with Gasteiger partial charge in [-0.25, -0.2) is 19.7 Å². The van der Waals surface area contributed by atoms with Crippen molar-refractivity contribution in [2.75, 3.05) is 5.73 Å². The molecule has 9 nitrogen and oxygen atoms in total. The van der Waals surface area contributed by atoms with Gasteiger partial charge in [0, 0.05) is 6.04 Å². The van der Waals surface area contributed by atoms with Crippen molar-refractivity contribution in [1.82, 2.24) is 24.4 Å². The Hall–Kier alpha value is -2.71. The third-order valence-electron chi connectivity index (χ3n) is 3.98. The average molecular weight is 304 g/mol. The summed E-state index contributed by atoms with van der Waals surface area (Å²) in [5.74, 6) is -0.997. The number of fused-ring (bicyclic) bond motifs is 1. The second-order valence-electron chi connectivity index (χ2n) is 5.39. The van der Waals surface area contributed by atoms with Gasteiger partial charge in [0.15, 0.2) is 11.5 Å². The van der Waals surface area contributed by atoms with Gasteiger partial charge in [0.05, 0.1) is 6.33 Å². The highest BCUT2D eigenvalue weighted by atomic mass is 16.4. The number of carboxylic acids is 1. The van der Waals surface area contributed by atoms with Crippen molar-refractivity contribution >= 4 is 28.9 Å². The highest BCUT2D eigenvalue weighted by molar-refractivity contribution is 5.86. The smallest absolute Gasteiger partial charge is 0.326 e. The van der Waals surface area contributed by atoms with Gasteiger partial charge in [0.1, 0.15) is 24.4 Å². The van der Waals surface area contributed by atoms with Crippen LogP contribution < -0.4 is 5.73 Å². The summed E-state index contributed by atoms with van der Waals surface area (Å²) in [6.45, 7) is 1.83. The number of nitrogen functional groups attached to an aromatic ring is 1. The molecule has 9 heteroatoms. The molecule has 2 aromatic rings. The van der Waals surface area contributed by atoms with Crippen molar-refractivity contribution in [3.05, 3.63) is 12.7 Å². The van der Waals surface area contributed by atoms with Gasteiger partial charge >= 0.3 is 5.97 Å². The second kappa shape index (κ2) is 5.24. The third kappa shape index (κ3) is 2.24. The predicted molar refractivity (Wildman–Crippen MR) is 76.7 cm³/mol. The van der Waals surface area contributed by atoms with Gasteiger partial charge in [0.25, 0.3) is 0 Å². The molecule has 3 heterocycles. The predicted octanol–water partition coefficient (Wildman–Crippen LogP) is -0.127. The van der Waals surface area contributed by atoms with Crippen LogP contribution in [-0.2, 0) is 16.1 Å². The number of aromatic nitrogens is 4. The summed E-state index contributed by atoms with van der Waals surface area (Å²) in [5, 5.41) is 9.23. The van der Waals surface area contributed by atoms with E-state index in [9.17, 15) is 14.7 Å². The molecule has 1 fully saturated rings.